The lowest BCUT2D eigenvalue weighted by atomic mass is 10.3. The van der Waals surface area contributed by atoms with E-state index in [1.54, 1.807) is 22.0 Å². The molecule has 0 radical (unpaired) electrons. The number of hydrogen-bond acceptors (Lipinski definition) is 7. The maximum Gasteiger partial charge on any atom is 0.309 e. The third-order valence-electron chi connectivity index (χ3n) is 2.70. The Morgan fingerprint density at radius 3 is 3.00 bits per heavy atom. The van der Waals surface area contributed by atoms with Crippen LogP contribution >= 0.6 is 23.1 Å². The largest absolute Gasteiger partial charge is 0.481 e. The number of carboxylic acids is 1. The number of carbonyl (C=O) groups is 1. The van der Waals surface area contributed by atoms with Crippen LogP contribution in [0.15, 0.2) is 5.38 Å². The first-order valence-corrected chi connectivity index (χ1v) is 9.56. The van der Waals surface area contributed by atoms with E-state index in [9.17, 15) is 13.2 Å². The van der Waals surface area contributed by atoms with E-state index < -0.39 is 21.2 Å². The van der Waals surface area contributed by atoms with Crippen molar-refractivity contribution in [1.82, 2.24) is 4.98 Å². The maximum absolute atomic E-state index is 11.8. The van der Waals surface area contributed by atoms with Gasteiger partial charge < -0.3 is 10.0 Å². The van der Waals surface area contributed by atoms with E-state index in [2.05, 4.69) is 4.98 Å². The van der Waals surface area contributed by atoms with Gasteiger partial charge in [0.1, 0.15) is 5.37 Å². The first kappa shape index (κ1) is 14.6. The zero-order chi connectivity index (χ0) is 14.0. The van der Waals surface area contributed by atoms with Crippen LogP contribution in [0.2, 0.25) is 0 Å². The van der Waals surface area contributed by atoms with Crippen molar-refractivity contribution in [3.05, 3.63) is 11.1 Å². The number of carboxylic acid groups (broad SMARTS) is 1. The molecule has 1 aromatic rings. The van der Waals surface area contributed by atoms with Crippen LogP contribution in [0.1, 0.15) is 5.69 Å². The first-order valence-electron chi connectivity index (χ1n) is 5.57. The van der Waals surface area contributed by atoms with Crippen LogP contribution < -0.4 is 4.90 Å². The van der Waals surface area contributed by atoms with Crippen molar-refractivity contribution in [3.63, 3.8) is 0 Å². The van der Waals surface area contributed by atoms with Gasteiger partial charge in [-0.15, -0.1) is 11.3 Å². The lowest BCUT2D eigenvalue weighted by Gasteiger charge is -2.33. The summed E-state index contributed by atoms with van der Waals surface area (Å²) < 4.78 is 23.6. The maximum atomic E-state index is 11.8. The Labute approximate surface area is 119 Å². The van der Waals surface area contributed by atoms with Crippen LogP contribution in [-0.2, 0) is 21.1 Å². The molecule has 1 aliphatic heterocycles. The van der Waals surface area contributed by atoms with E-state index in [1.165, 1.54) is 17.6 Å². The Morgan fingerprint density at radius 2 is 2.37 bits per heavy atom. The van der Waals surface area contributed by atoms with Gasteiger partial charge in [0.2, 0.25) is 0 Å². The fraction of sp³-hybridized carbons (Fsp3) is 0.600. The average molecular weight is 322 g/mol. The Hall–Kier alpha value is -0.800. The smallest absolute Gasteiger partial charge is 0.309 e. The molecule has 0 spiro atoms. The molecule has 0 amide bonds. The number of nitrogens with zero attached hydrogens (tertiary/aromatic N) is 2. The normalized spacial score (nSPS) is 20.5. The number of anilines is 1. The lowest BCUT2D eigenvalue weighted by molar-refractivity contribution is -0.136. The number of hydrogen-bond donors (Lipinski definition) is 1. The van der Waals surface area contributed by atoms with Gasteiger partial charge in [0, 0.05) is 29.7 Å². The molecule has 0 saturated carbocycles. The van der Waals surface area contributed by atoms with E-state index in [0.717, 1.165) is 5.75 Å². The second-order valence-electron chi connectivity index (χ2n) is 4.24. The number of aromatic nitrogens is 1. The van der Waals surface area contributed by atoms with Gasteiger partial charge in [-0.25, -0.2) is 13.4 Å². The standard InChI is InChI=1S/C10H14N2O4S3/c1-19(15,16)8-6-17-3-2-12(8)10-11-7(5-18-10)4-9(13)14/h5,8H,2-4,6H2,1H3,(H,13,14). The van der Waals surface area contributed by atoms with Crippen molar-refractivity contribution in [2.45, 2.75) is 11.8 Å². The molecule has 1 N–H and O–H groups in total. The molecule has 0 aromatic carbocycles. The van der Waals surface area contributed by atoms with Crippen molar-refractivity contribution >= 4 is 44.0 Å². The van der Waals surface area contributed by atoms with Crippen molar-refractivity contribution in [1.29, 1.82) is 0 Å². The molecule has 2 rings (SSSR count). The number of sulfone groups is 1. The number of thioether (sulfide) groups is 1. The molecular weight excluding hydrogens is 308 g/mol. The molecule has 1 fully saturated rings. The van der Waals surface area contributed by atoms with Crippen LogP contribution in [-0.4, -0.2) is 54.2 Å². The van der Waals surface area contributed by atoms with Crippen molar-refractivity contribution in [3.8, 4) is 0 Å². The summed E-state index contributed by atoms with van der Waals surface area (Å²) in [4.78, 5) is 16.6. The average Bonchev–Trinajstić information content (AvgIpc) is 2.75. The van der Waals surface area contributed by atoms with Crippen molar-refractivity contribution < 1.29 is 18.3 Å². The van der Waals surface area contributed by atoms with Gasteiger partial charge in [-0.3, -0.25) is 4.79 Å². The molecular formula is C10H14N2O4S3. The quantitative estimate of drug-likeness (QED) is 0.872. The summed E-state index contributed by atoms with van der Waals surface area (Å²) in [6.07, 6.45) is 1.09. The minimum atomic E-state index is -3.18. The second-order valence-corrected chi connectivity index (χ2v) is 8.43. The second kappa shape index (κ2) is 5.68. The van der Waals surface area contributed by atoms with E-state index in [0.29, 0.717) is 23.1 Å². The summed E-state index contributed by atoms with van der Waals surface area (Å²) in [7, 11) is -3.18. The van der Waals surface area contributed by atoms with Gasteiger partial charge in [-0.1, -0.05) is 0 Å². The van der Waals surface area contributed by atoms with Crippen LogP contribution in [0, 0.1) is 0 Å². The lowest BCUT2D eigenvalue weighted by Crippen LogP contribution is -2.47. The summed E-state index contributed by atoms with van der Waals surface area (Å²) in [6.45, 7) is 0.614. The highest BCUT2D eigenvalue weighted by Crippen LogP contribution is 2.29. The number of thiazole rings is 1. The third kappa shape index (κ3) is 3.61. The molecule has 0 aliphatic carbocycles. The summed E-state index contributed by atoms with van der Waals surface area (Å²) in [5.74, 6) is 0.428. The summed E-state index contributed by atoms with van der Waals surface area (Å²) >= 11 is 2.90. The topological polar surface area (TPSA) is 87.6 Å². The summed E-state index contributed by atoms with van der Waals surface area (Å²) in [6, 6.07) is 0. The predicted octanol–water partition coefficient (Wildman–Crippen LogP) is 0.694. The summed E-state index contributed by atoms with van der Waals surface area (Å²) in [5, 5.41) is 10.4. The van der Waals surface area contributed by atoms with Crippen LogP contribution in [0.4, 0.5) is 5.13 Å². The van der Waals surface area contributed by atoms with Gasteiger partial charge >= 0.3 is 5.97 Å². The zero-order valence-corrected chi connectivity index (χ0v) is 12.7. The van der Waals surface area contributed by atoms with E-state index >= 15 is 0 Å². The Kier molecular flexibility index (Phi) is 4.36. The molecule has 1 aliphatic rings. The minimum Gasteiger partial charge on any atom is -0.481 e. The van der Waals surface area contributed by atoms with E-state index in [1.807, 2.05) is 0 Å². The van der Waals surface area contributed by atoms with Crippen LogP contribution in [0.25, 0.3) is 0 Å². The third-order valence-corrected chi connectivity index (χ3v) is 6.27. The Morgan fingerprint density at radius 1 is 1.63 bits per heavy atom. The predicted molar refractivity (Wildman–Crippen MR) is 76.8 cm³/mol. The molecule has 6 nitrogen and oxygen atoms in total. The van der Waals surface area contributed by atoms with Gasteiger partial charge in [-0.2, -0.15) is 11.8 Å². The fourth-order valence-corrected chi connectivity index (χ4v) is 5.61. The fourth-order valence-electron chi connectivity index (χ4n) is 1.82. The van der Waals surface area contributed by atoms with Gasteiger partial charge in [0.15, 0.2) is 15.0 Å². The van der Waals surface area contributed by atoms with Crippen LogP contribution in [0.3, 0.4) is 0 Å². The molecule has 1 atom stereocenters. The highest BCUT2D eigenvalue weighted by atomic mass is 32.2. The minimum absolute atomic E-state index is 0.136. The molecule has 1 unspecified atom stereocenters. The highest BCUT2D eigenvalue weighted by molar-refractivity contribution is 8.01. The number of rotatable bonds is 4. The van der Waals surface area contributed by atoms with Gasteiger partial charge in [-0.05, 0) is 0 Å². The Bertz CT molecular complexity index is 569. The van der Waals surface area contributed by atoms with Crippen molar-refractivity contribution in [2.24, 2.45) is 0 Å². The van der Waals surface area contributed by atoms with E-state index in [-0.39, 0.29) is 6.42 Å². The molecule has 0 bridgehead atoms. The zero-order valence-electron chi connectivity index (χ0n) is 10.3. The first-order chi connectivity index (χ1) is 8.88. The van der Waals surface area contributed by atoms with E-state index in [4.69, 9.17) is 5.11 Å². The Balaban J connectivity index is 2.23. The molecule has 9 heteroatoms. The molecule has 1 aromatic heterocycles. The monoisotopic (exact) mass is 322 g/mol. The number of aliphatic carboxylic acids is 1. The molecule has 2 heterocycles. The molecule has 19 heavy (non-hydrogen) atoms. The van der Waals surface area contributed by atoms with Gasteiger partial charge in [0.25, 0.3) is 0 Å². The molecule has 1 saturated heterocycles. The van der Waals surface area contributed by atoms with Crippen LogP contribution in [0.5, 0.6) is 0 Å². The molecule has 106 valence electrons. The van der Waals surface area contributed by atoms with Gasteiger partial charge in [0.05, 0.1) is 12.1 Å². The highest BCUT2D eigenvalue weighted by Gasteiger charge is 2.32. The van der Waals surface area contributed by atoms with Crippen molar-refractivity contribution in [2.75, 3.05) is 29.2 Å². The summed E-state index contributed by atoms with van der Waals surface area (Å²) in [5.41, 5.74) is 0.470. The SMILES string of the molecule is CS(=O)(=O)C1CSCCN1c1nc(CC(=O)O)cs1.